The fourth-order valence-corrected chi connectivity index (χ4v) is 6.72. The molecule has 0 saturated heterocycles. The van der Waals surface area contributed by atoms with E-state index in [1.165, 1.54) is 165 Å². The molecular weight excluding hydrogens is 627 g/mol. The molecule has 280 valence electrons. The number of halogens is 2. The second-order valence-electron chi connectivity index (χ2n) is 15.7. The van der Waals surface area contributed by atoms with Crippen molar-refractivity contribution in [1.82, 2.24) is 0 Å². The van der Waals surface area contributed by atoms with Gasteiger partial charge < -0.3 is 33.8 Å². The van der Waals surface area contributed by atoms with Crippen molar-refractivity contribution in [3.8, 4) is 0 Å². The summed E-state index contributed by atoms with van der Waals surface area (Å²) in [6, 6.07) is 21.8. The maximum atomic E-state index is 2.37. The number of hydrogen-bond donors (Lipinski definition) is 0. The normalized spacial score (nSPS) is 11.3. The highest BCUT2D eigenvalue weighted by atomic mass is 35.5. The molecule has 0 radical (unpaired) electrons. The Hall–Kier alpha value is -1.06. The average molecular weight is 708 g/mol. The van der Waals surface area contributed by atoms with Crippen LogP contribution < -0.4 is 24.8 Å². The summed E-state index contributed by atoms with van der Waals surface area (Å²) in [7, 11) is 9.46. The number of nitrogens with zero attached hydrogens (tertiary/aromatic N) is 2. The minimum atomic E-state index is 0. The highest BCUT2D eigenvalue weighted by Gasteiger charge is 2.16. The molecule has 48 heavy (non-hydrogen) atoms. The van der Waals surface area contributed by atoms with Crippen LogP contribution in [0.25, 0.3) is 0 Å². The third-order valence-corrected chi connectivity index (χ3v) is 9.64. The van der Waals surface area contributed by atoms with Crippen molar-refractivity contribution in [2.24, 2.45) is 0 Å². The third-order valence-electron chi connectivity index (χ3n) is 9.64. The third kappa shape index (κ3) is 31.0. The average Bonchev–Trinajstić information content (AvgIpc) is 3.03. The van der Waals surface area contributed by atoms with E-state index in [0.29, 0.717) is 0 Å². The van der Waals surface area contributed by atoms with Crippen LogP contribution in [0.3, 0.4) is 0 Å². The molecule has 0 heterocycles. The molecule has 0 fully saturated rings. The van der Waals surface area contributed by atoms with Gasteiger partial charge in [0.1, 0.15) is 13.1 Å². The van der Waals surface area contributed by atoms with E-state index in [1.54, 1.807) is 0 Å². The Morgan fingerprint density at radius 1 is 0.333 bits per heavy atom. The van der Waals surface area contributed by atoms with Gasteiger partial charge in [0.25, 0.3) is 0 Å². The van der Waals surface area contributed by atoms with Crippen LogP contribution in [0, 0.1) is 0 Å². The fourth-order valence-electron chi connectivity index (χ4n) is 6.72. The van der Waals surface area contributed by atoms with Crippen LogP contribution in [0.15, 0.2) is 60.7 Å². The van der Waals surface area contributed by atoms with Gasteiger partial charge in [-0.05, 0) is 25.7 Å². The molecule has 0 aliphatic rings. The minimum Gasteiger partial charge on any atom is -1.00 e. The van der Waals surface area contributed by atoms with Crippen molar-refractivity contribution >= 4 is 0 Å². The first-order valence-electron chi connectivity index (χ1n) is 20.0. The highest BCUT2D eigenvalue weighted by Crippen LogP contribution is 2.16. The van der Waals surface area contributed by atoms with Gasteiger partial charge in [-0.15, -0.1) is 0 Å². The van der Waals surface area contributed by atoms with Gasteiger partial charge in [0, 0.05) is 11.1 Å². The number of benzene rings is 2. The Morgan fingerprint density at radius 3 is 0.812 bits per heavy atom. The van der Waals surface area contributed by atoms with E-state index in [4.69, 9.17) is 0 Å². The lowest BCUT2D eigenvalue weighted by molar-refractivity contribution is -0.903. The summed E-state index contributed by atoms with van der Waals surface area (Å²) in [5.74, 6) is 0. The summed E-state index contributed by atoms with van der Waals surface area (Å²) < 4.78 is 2.23. The van der Waals surface area contributed by atoms with Gasteiger partial charge in [-0.2, -0.15) is 0 Å². The SMILES string of the molecule is CCCCCCCCCCCCCC[N+](C)(C)Cc1ccccc1.CCCCCCCCCCCC[N+](C)(C)Cc1ccccc1.[Cl-].[Cl-]. The monoisotopic (exact) mass is 707 g/mol. The predicted octanol–water partition coefficient (Wildman–Crippen LogP) is 7.16. The zero-order chi connectivity index (χ0) is 33.6. The van der Waals surface area contributed by atoms with Gasteiger partial charge in [0.15, 0.2) is 0 Å². The standard InChI is InChI=1S/C23H42N.C21H38N.2ClH/c1-4-5-6-7-8-9-10-11-12-13-14-18-21-24(2,3)22-23-19-16-15-17-20-23;1-4-5-6-7-8-9-10-11-12-16-19-22(2,3)20-21-17-14-13-15-18-21;;/h15-17,19-20H,4-14,18,21-22H2,1-3H3;13-15,17-18H,4-12,16,19-20H2,1-3H3;2*1H/q2*+1;;/p-2. The fraction of sp³-hybridized carbons (Fsp3) is 0.727. The summed E-state index contributed by atoms with van der Waals surface area (Å²) in [6.45, 7) is 9.48. The molecule has 0 spiro atoms. The molecule has 2 nitrogen and oxygen atoms in total. The lowest BCUT2D eigenvalue weighted by Crippen LogP contribution is -3.00. The molecule has 0 bridgehead atoms. The largest absolute Gasteiger partial charge is 1.00 e. The molecule has 0 aromatic heterocycles. The van der Waals surface area contributed by atoms with Crippen LogP contribution >= 0.6 is 0 Å². The first-order valence-corrected chi connectivity index (χ1v) is 20.0. The zero-order valence-electron chi connectivity index (χ0n) is 32.8. The molecule has 0 aliphatic heterocycles. The van der Waals surface area contributed by atoms with Gasteiger partial charge in [0.2, 0.25) is 0 Å². The van der Waals surface area contributed by atoms with E-state index in [1.807, 2.05) is 0 Å². The number of hydrogen-bond acceptors (Lipinski definition) is 0. The molecule has 0 aliphatic carbocycles. The molecule has 4 heteroatoms. The Bertz CT molecular complexity index is 901. The van der Waals surface area contributed by atoms with Gasteiger partial charge in [-0.1, -0.05) is 190 Å². The second kappa shape index (κ2) is 33.1. The van der Waals surface area contributed by atoms with Crippen molar-refractivity contribution in [2.45, 2.75) is 168 Å². The van der Waals surface area contributed by atoms with Crippen LogP contribution in [0.2, 0.25) is 0 Å². The highest BCUT2D eigenvalue weighted by molar-refractivity contribution is 5.14. The molecule has 0 saturated carbocycles. The Morgan fingerprint density at radius 2 is 0.562 bits per heavy atom. The number of unbranched alkanes of at least 4 members (excludes halogenated alkanes) is 20. The number of rotatable bonds is 28. The molecule has 0 atom stereocenters. The van der Waals surface area contributed by atoms with Crippen LogP contribution in [-0.2, 0) is 13.1 Å². The lowest BCUT2D eigenvalue weighted by atomic mass is 10.1. The number of quaternary nitrogens is 2. The van der Waals surface area contributed by atoms with Crippen molar-refractivity contribution in [2.75, 3.05) is 41.3 Å². The summed E-state index contributed by atoms with van der Waals surface area (Å²) in [5, 5.41) is 0. The maximum absolute atomic E-state index is 2.37. The van der Waals surface area contributed by atoms with Crippen LogP contribution in [0.5, 0.6) is 0 Å². The molecule has 0 N–H and O–H groups in total. The molecule has 0 amide bonds. The first kappa shape index (κ1) is 49.1. The van der Waals surface area contributed by atoms with Gasteiger partial charge in [0.05, 0.1) is 41.3 Å². The van der Waals surface area contributed by atoms with E-state index in [-0.39, 0.29) is 24.8 Å². The first-order chi connectivity index (χ1) is 22.3. The lowest BCUT2D eigenvalue weighted by Gasteiger charge is -2.30. The van der Waals surface area contributed by atoms with Gasteiger partial charge >= 0.3 is 0 Å². The van der Waals surface area contributed by atoms with Crippen molar-refractivity contribution < 1.29 is 33.8 Å². The molecule has 0 unspecified atom stereocenters. The second-order valence-corrected chi connectivity index (χ2v) is 15.7. The van der Waals surface area contributed by atoms with E-state index in [0.717, 1.165) is 22.1 Å². The smallest absolute Gasteiger partial charge is 0.104 e. The predicted molar refractivity (Wildman–Crippen MR) is 207 cm³/mol. The molecule has 2 aromatic rings. The van der Waals surface area contributed by atoms with Crippen LogP contribution in [0.4, 0.5) is 0 Å². The van der Waals surface area contributed by atoms with E-state index < -0.39 is 0 Å². The van der Waals surface area contributed by atoms with Crippen molar-refractivity contribution in [3.05, 3.63) is 71.8 Å². The summed E-state index contributed by atoms with van der Waals surface area (Å²) in [6.07, 6.45) is 31.4. The maximum Gasteiger partial charge on any atom is 0.104 e. The topological polar surface area (TPSA) is 0 Å². The van der Waals surface area contributed by atoms with Crippen LogP contribution in [-0.4, -0.2) is 50.2 Å². The van der Waals surface area contributed by atoms with Crippen LogP contribution in [0.1, 0.15) is 166 Å². The van der Waals surface area contributed by atoms with Crippen molar-refractivity contribution in [3.63, 3.8) is 0 Å². The molecular formula is C44H80Cl2N2. The van der Waals surface area contributed by atoms with E-state index in [9.17, 15) is 0 Å². The zero-order valence-corrected chi connectivity index (χ0v) is 34.3. The Labute approximate surface area is 313 Å². The van der Waals surface area contributed by atoms with E-state index in [2.05, 4.69) is 103 Å². The summed E-state index contributed by atoms with van der Waals surface area (Å²) in [5.41, 5.74) is 2.92. The van der Waals surface area contributed by atoms with Gasteiger partial charge in [-0.3, -0.25) is 0 Å². The molecule has 2 aromatic carbocycles. The van der Waals surface area contributed by atoms with E-state index >= 15 is 0 Å². The van der Waals surface area contributed by atoms with Gasteiger partial charge in [-0.25, -0.2) is 0 Å². The Balaban J connectivity index is 0. The Kier molecular flexibility index (Phi) is 33.8. The quantitative estimate of drug-likeness (QED) is 0.0651. The van der Waals surface area contributed by atoms with Crippen molar-refractivity contribution in [1.29, 1.82) is 0 Å². The molecule has 2 rings (SSSR count). The minimum absolute atomic E-state index is 0. The summed E-state index contributed by atoms with van der Waals surface area (Å²) >= 11 is 0. The summed E-state index contributed by atoms with van der Waals surface area (Å²) in [4.78, 5) is 0.